The van der Waals surface area contributed by atoms with Gasteiger partial charge in [0.25, 0.3) is 0 Å². The summed E-state index contributed by atoms with van der Waals surface area (Å²) in [5, 5.41) is 8.03. The molecule has 0 saturated heterocycles. The number of fused-ring (bicyclic) bond motifs is 1. The summed E-state index contributed by atoms with van der Waals surface area (Å²) >= 11 is 0. The molecule has 1 heterocycles. The van der Waals surface area contributed by atoms with Crippen LogP contribution in [0, 0.1) is 0 Å². The van der Waals surface area contributed by atoms with Crippen molar-refractivity contribution in [1.29, 1.82) is 0 Å². The fraction of sp³-hybridized carbons (Fsp3) is 0.0909. The molecule has 0 spiro atoms. The van der Waals surface area contributed by atoms with Crippen molar-refractivity contribution in [2.45, 2.75) is 6.92 Å². The van der Waals surface area contributed by atoms with E-state index in [4.69, 9.17) is 0 Å². The number of H-pyrrole nitrogens is 1. The van der Waals surface area contributed by atoms with E-state index in [2.05, 4.69) is 10.2 Å². The summed E-state index contributed by atoms with van der Waals surface area (Å²) in [6, 6.07) is 7.81. The molecular weight excluding hydrogens is 176 g/mol. The largest absolute Gasteiger partial charge is 0.295 e. The third-order valence-electron chi connectivity index (χ3n) is 1.98. The molecule has 1 N–H and O–H groups in total. The lowest BCUT2D eigenvalue weighted by Gasteiger charge is -1.87. The second-order valence-corrected chi connectivity index (χ2v) is 3.10. The Morgan fingerprint density at radius 1 is 1.43 bits per heavy atom. The fourth-order valence-corrected chi connectivity index (χ4v) is 1.31. The van der Waals surface area contributed by atoms with Gasteiger partial charge in [0, 0.05) is 5.39 Å². The fourth-order valence-electron chi connectivity index (χ4n) is 1.31. The molecule has 2 rings (SSSR count). The maximum atomic E-state index is 10.8. The summed E-state index contributed by atoms with van der Waals surface area (Å²) in [6.07, 6.45) is 3.24. The van der Waals surface area contributed by atoms with Gasteiger partial charge in [-0.3, -0.25) is 9.89 Å². The van der Waals surface area contributed by atoms with Gasteiger partial charge in [-0.05, 0) is 25.1 Å². The van der Waals surface area contributed by atoms with Gasteiger partial charge in [0.1, 0.15) is 0 Å². The number of para-hydroxylation sites is 1. The van der Waals surface area contributed by atoms with Gasteiger partial charge < -0.3 is 0 Å². The van der Waals surface area contributed by atoms with Crippen molar-refractivity contribution in [3.05, 3.63) is 36.0 Å². The first-order valence-electron chi connectivity index (χ1n) is 4.39. The predicted octanol–water partition coefficient (Wildman–Crippen LogP) is 2.17. The molecule has 1 aromatic carbocycles. The minimum atomic E-state index is 0.0251. The molecule has 0 atom stereocenters. The van der Waals surface area contributed by atoms with Crippen molar-refractivity contribution in [3.8, 4) is 0 Å². The molecule has 0 aliphatic rings. The highest BCUT2D eigenvalue weighted by molar-refractivity contribution is 5.94. The monoisotopic (exact) mass is 186 g/mol. The first-order valence-corrected chi connectivity index (χ1v) is 4.39. The number of ketones is 1. The molecule has 3 heteroatoms. The molecule has 0 fully saturated rings. The Hall–Kier alpha value is -1.90. The van der Waals surface area contributed by atoms with E-state index in [0.717, 1.165) is 16.6 Å². The highest BCUT2D eigenvalue weighted by Gasteiger charge is 2.00. The Morgan fingerprint density at radius 3 is 3.00 bits per heavy atom. The van der Waals surface area contributed by atoms with Gasteiger partial charge >= 0.3 is 0 Å². The lowest BCUT2D eigenvalue weighted by Crippen LogP contribution is -1.80. The topological polar surface area (TPSA) is 45.8 Å². The van der Waals surface area contributed by atoms with Gasteiger partial charge in [-0.1, -0.05) is 18.2 Å². The number of nitrogens with one attached hydrogen (secondary N) is 1. The molecule has 0 saturated carbocycles. The van der Waals surface area contributed by atoms with Crippen LogP contribution in [0.1, 0.15) is 12.6 Å². The van der Waals surface area contributed by atoms with Crippen LogP contribution in [0.25, 0.3) is 17.0 Å². The van der Waals surface area contributed by atoms with E-state index >= 15 is 0 Å². The van der Waals surface area contributed by atoms with Gasteiger partial charge in [-0.25, -0.2) is 0 Å². The number of aromatic nitrogens is 2. The average molecular weight is 186 g/mol. The van der Waals surface area contributed by atoms with Gasteiger partial charge in [0.2, 0.25) is 0 Å². The number of nitrogens with zero attached hydrogens (tertiary/aromatic N) is 1. The van der Waals surface area contributed by atoms with Crippen molar-refractivity contribution in [2.75, 3.05) is 0 Å². The number of carbonyl (C=O) groups excluding carboxylic acids is 1. The Labute approximate surface area is 81.4 Å². The molecule has 0 radical (unpaired) electrons. The Balaban J connectivity index is 2.48. The summed E-state index contributed by atoms with van der Waals surface area (Å²) in [4.78, 5) is 10.8. The SMILES string of the molecule is CC(=O)/C=C/c1n[nH]c2ccccc12. The molecule has 70 valence electrons. The van der Waals surface area contributed by atoms with Crippen LogP contribution in [-0.4, -0.2) is 16.0 Å². The van der Waals surface area contributed by atoms with Gasteiger partial charge in [0.05, 0.1) is 11.2 Å². The number of rotatable bonds is 2. The number of hydrogen-bond acceptors (Lipinski definition) is 2. The molecule has 0 aliphatic heterocycles. The first kappa shape index (κ1) is 8.69. The summed E-state index contributed by atoms with van der Waals surface area (Å²) < 4.78 is 0. The van der Waals surface area contributed by atoms with Crippen LogP contribution in [0.15, 0.2) is 30.3 Å². The van der Waals surface area contributed by atoms with Crippen molar-refractivity contribution in [2.24, 2.45) is 0 Å². The van der Waals surface area contributed by atoms with E-state index in [9.17, 15) is 4.79 Å². The van der Waals surface area contributed by atoms with Crippen LogP contribution in [0.2, 0.25) is 0 Å². The average Bonchev–Trinajstić information content (AvgIpc) is 2.58. The zero-order valence-electron chi connectivity index (χ0n) is 7.82. The smallest absolute Gasteiger partial charge is 0.152 e. The second-order valence-electron chi connectivity index (χ2n) is 3.10. The predicted molar refractivity (Wildman–Crippen MR) is 55.8 cm³/mol. The van der Waals surface area contributed by atoms with Gasteiger partial charge in [0.15, 0.2) is 5.78 Å². The summed E-state index contributed by atoms with van der Waals surface area (Å²) in [5.41, 5.74) is 1.78. The number of hydrogen-bond donors (Lipinski definition) is 1. The van der Waals surface area contributed by atoms with Crippen molar-refractivity contribution >= 4 is 22.8 Å². The van der Waals surface area contributed by atoms with E-state index in [1.54, 1.807) is 6.08 Å². The third-order valence-corrected chi connectivity index (χ3v) is 1.98. The lowest BCUT2D eigenvalue weighted by molar-refractivity contribution is -0.112. The summed E-state index contributed by atoms with van der Waals surface area (Å²) in [6.45, 7) is 1.52. The molecule has 0 amide bonds. The first-order chi connectivity index (χ1) is 6.77. The highest BCUT2D eigenvalue weighted by atomic mass is 16.1. The molecule has 2 aromatic rings. The lowest BCUT2D eigenvalue weighted by atomic mass is 10.2. The van der Waals surface area contributed by atoms with Crippen molar-refractivity contribution in [1.82, 2.24) is 10.2 Å². The Kier molecular flexibility index (Phi) is 2.14. The number of allylic oxidation sites excluding steroid dienone is 1. The highest BCUT2D eigenvalue weighted by Crippen LogP contribution is 2.15. The molecule has 3 nitrogen and oxygen atoms in total. The van der Waals surface area contributed by atoms with Crippen LogP contribution in [-0.2, 0) is 4.79 Å². The number of carbonyl (C=O) groups is 1. The van der Waals surface area contributed by atoms with Crippen molar-refractivity contribution in [3.63, 3.8) is 0 Å². The zero-order valence-corrected chi connectivity index (χ0v) is 7.82. The zero-order chi connectivity index (χ0) is 9.97. The Morgan fingerprint density at radius 2 is 2.21 bits per heavy atom. The second kappa shape index (κ2) is 3.46. The van der Waals surface area contributed by atoms with E-state index in [0.29, 0.717) is 0 Å². The summed E-state index contributed by atoms with van der Waals surface area (Å²) in [7, 11) is 0. The van der Waals surface area contributed by atoms with Crippen LogP contribution in [0.3, 0.4) is 0 Å². The maximum Gasteiger partial charge on any atom is 0.152 e. The normalized spacial score (nSPS) is 11.2. The van der Waals surface area contributed by atoms with Crippen LogP contribution < -0.4 is 0 Å². The third kappa shape index (κ3) is 1.57. The quantitative estimate of drug-likeness (QED) is 0.730. The molecular formula is C11H10N2O. The standard InChI is InChI=1S/C11H10N2O/c1-8(14)6-7-11-9-4-2-3-5-10(9)12-13-11/h2-7H,1H3,(H,12,13)/b7-6+. The summed E-state index contributed by atoms with van der Waals surface area (Å²) in [5.74, 6) is 0.0251. The van der Waals surface area contributed by atoms with Crippen LogP contribution in [0.4, 0.5) is 0 Å². The maximum absolute atomic E-state index is 10.8. The van der Waals surface area contributed by atoms with Gasteiger partial charge in [-0.15, -0.1) is 0 Å². The van der Waals surface area contributed by atoms with E-state index in [1.807, 2.05) is 24.3 Å². The van der Waals surface area contributed by atoms with Crippen LogP contribution in [0.5, 0.6) is 0 Å². The molecule has 0 aliphatic carbocycles. The minimum absolute atomic E-state index is 0.0251. The van der Waals surface area contributed by atoms with E-state index < -0.39 is 0 Å². The number of benzene rings is 1. The molecule has 0 unspecified atom stereocenters. The van der Waals surface area contributed by atoms with Gasteiger partial charge in [-0.2, -0.15) is 5.10 Å². The van der Waals surface area contributed by atoms with E-state index in [-0.39, 0.29) is 5.78 Å². The molecule has 0 bridgehead atoms. The van der Waals surface area contributed by atoms with Crippen LogP contribution >= 0.6 is 0 Å². The molecule has 1 aromatic heterocycles. The van der Waals surface area contributed by atoms with Crippen molar-refractivity contribution < 1.29 is 4.79 Å². The van der Waals surface area contributed by atoms with E-state index in [1.165, 1.54) is 13.0 Å². The number of aromatic amines is 1. The molecule has 14 heavy (non-hydrogen) atoms. The minimum Gasteiger partial charge on any atom is -0.295 e. The Bertz CT molecular complexity index is 497.